The van der Waals surface area contributed by atoms with Crippen LogP contribution in [0, 0.1) is 16.7 Å². The molecule has 0 bridgehead atoms. The first-order chi connectivity index (χ1) is 10.1. The summed E-state index contributed by atoms with van der Waals surface area (Å²) in [5.41, 5.74) is 2.95. The van der Waals surface area contributed by atoms with E-state index in [9.17, 15) is 5.26 Å². The summed E-state index contributed by atoms with van der Waals surface area (Å²) in [4.78, 5) is 2.17. The zero-order chi connectivity index (χ0) is 15.5. The molecule has 0 N–H and O–H groups in total. The highest BCUT2D eigenvalue weighted by Crippen LogP contribution is 2.37. The molecule has 1 aromatic heterocycles. The van der Waals surface area contributed by atoms with Crippen molar-refractivity contribution in [2.75, 3.05) is 31.7 Å². The highest BCUT2D eigenvalue weighted by atomic mass is 16.5. The van der Waals surface area contributed by atoms with Crippen LogP contribution in [0.3, 0.4) is 0 Å². The van der Waals surface area contributed by atoms with Crippen molar-refractivity contribution in [1.29, 1.82) is 5.26 Å². The number of ether oxygens (including phenoxy) is 1. The Kier molecular flexibility index (Phi) is 4.79. The van der Waals surface area contributed by atoms with Gasteiger partial charge in [-0.05, 0) is 24.8 Å². The second-order valence-corrected chi connectivity index (χ2v) is 6.05. The standard InChI is InChI=1S/C16H24N4O/c1-5-12-13(9-17)15(19-18-14(12)6-2)20-10-16(3,11-20)7-8-21-4/h5-8,10-11H2,1-4H3. The van der Waals surface area contributed by atoms with Crippen molar-refractivity contribution in [2.45, 2.75) is 40.0 Å². The largest absolute Gasteiger partial charge is 0.385 e. The fourth-order valence-corrected chi connectivity index (χ4v) is 3.03. The van der Waals surface area contributed by atoms with Gasteiger partial charge in [-0.2, -0.15) is 10.4 Å². The van der Waals surface area contributed by atoms with E-state index in [1.165, 1.54) is 0 Å². The van der Waals surface area contributed by atoms with Crippen LogP contribution in [0.5, 0.6) is 0 Å². The third-order valence-electron chi connectivity index (χ3n) is 4.29. The summed E-state index contributed by atoms with van der Waals surface area (Å²) in [5, 5.41) is 18.2. The Morgan fingerprint density at radius 1 is 1.29 bits per heavy atom. The first kappa shape index (κ1) is 15.7. The quantitative estimate of drug-likeness (QED) is 0.804. The van der Waals surface area contributed by atoms with E-state index in [4.69, 9.17) is 4.74 Å². The first-order valence-electron chi connectivity index (χ1n) is 7.61. The van der Waals surface area contributed by atoms with E-state index < -0.39 is 0 Å². The number of aryl methyl sites for hydroxylation is 1. The molecular formula is C16H24N4O. The van der Waals surface area contributed by atoms with Crippen molar-refractivity contribution in [1.82, 2.24) is 10.2 Å². The maximum atomic E-state index is 9.53. The van der Waals surface area contributed by atoms with Gasteiger partial charge in [0.05, 0.1) is 5.69 Å². The van der Waals surface area contributed by atoms with E-state index in [-0.39, 0.29) is 5.41 Å². The molecule has 5 heteroatoms. The van der Waals surface area contributed by atoms with Crippen molar-refractivity contribution in [3.63, 3.8) is 0 Å². The number of anilines is 1. The molecule has 2 rings (SSSR count). The molecule has 0 radical (unpaired) electrons. The Hall–Kier alpha value is -1.67. The molecule has 1 fully saturated rings. The fraction of sp³-hybridized carbons (Fsp3) is 0.688. The maximum absolute atomic E-state index is 9.53. The molecule has 0 saturated carbocycles. The van der Waals surface area contributed by atoms with Crippen LogP contribution in [-0.2, 0) is 17.6 Å². The van der Waals surface area contributed by atoms with Gasteiger partial charge in [-0.25, -0.2) is 0 Å². The lowest BCUT2D eigenvalue weighted by Crippen LogP contribution is -2.56. The minimum atomic E-state index is 0.250. The average molecular weight is 288 g/mol. The number of hydrogen-bond acceptors (Lipinski definition) is 5. The van der Waals surface area contributed by atoms with Crippen LogP contribution in [-0.4, -0.2) is 37.0 Å². The molecule has 0 spiro atoms. The number of nitrogens with zero attached hydrogens (tertiary/aromatic N) is 4. The smallest absolute Gasteiger partial charge is 0.169 e. The lowest BCUT2D eigenvalue weighted by Gasteiger charge is -2.49. The average Bonchev–Trinajstić information content (AvgIpc) is 2.48. The van der Waals surface area contributed by atoms with Crippen LogP contribution in [0.1, 0.15) is 44.0 Å². The predicted octanol–water partition coefficient (Wildman–Crippen LogP) is 2.34. The molecule has 1 aliphatic heterocycles. The second-order valence-electron chi connectivity index (χ2n) is 6.05. The summed E-state index contributed by atoms with van der Waals surface area (Å²) >= 11 is 0. The fourth-order valence-electron chi connectivity index (χ4n) is 3.03. The molecule has 21 heavy (non-hydrogen) atoms. The van der Waals surface area contributed by atoms with Crippen LogP contribution >= 0.6 is 0 Å². The Morgan fingerprint density at radius 3 is 2.52 bits per heavy atom. The first-order valence-corrected chi connectivity index (χ1v) is 7.61. The van der Waals surface area contributed by atoms with Gasteiger partial charge in [0, 0.05) is 32.2 Å². The molecule has 114 valence electrons. The lowest BCUT2D eigenvalue weighted by atomic mass is 9.79. The van der Waals surface area contributed by atoms with Crippen LogP contribution in [0.2, 0.25) is 0 Å². The van der Waals surface area contributed by atoms with Crippen LogP contribution < -0.4 is 4.90 Å². The second kappa shape index (κ2) is 6.40. The number of nitriles is 1. The van der Waals surface area contributed by atoms with Gasteiger partial charge in [-0.1, -0.05) is 20.8 Å². The molecule has 2 heterocycles. The molecule has 0 amide bonds. The molecular weight excluding hydrogens is 264 g/mol. The number of aromatic nitrogens is 2. The van der Waals surface area contributed by atoms with Crippen molar-refractivity contribution >= 4 is 5.82 Å². The van der Waals surface area contributed by atoms with E-state index >= 15 is 0 Å². The van der Waals surface area contributed by atoms with Crippen molar-refractivity contribution < 1.29 is 4.74 Å². The van der Waals surface area contributed by atoms with E-state index in [1.54, 1.807) is 7.11 Å². The van der Waals surface area contributed by atoms with Crippen molar-refractivity contribution in [2.24, 2.45) is 5.41 Å². The zero-order valence-corrected chi connectivity index (χ0v) is 13.4. The van der Waals surface area contributed by atoms with Gasteiger partial charge < -0.3 is 9.64 Å². The Bertz CT molecular complexity index is 544. The van der Waals surface area contributed by atoms with Gasteiger partial charge in [-0.3, -0.25) is 0 Å². The number of rotatable bonds is 6. The third-order valence-corrected chi connectivity index (χ3v) is 4.29. The Labute approximate surface area is 126 Å². The SMILES string of the molecule is CCc1nnc(N2CC(C)(CCOC)C2)c(C#N)c1CC. The summed E-state index contributed by atoms with van der Waals surface area (Å²) in [6.07, 6.45) is 2.67. The predicted molar refractivity (Wildman–Crippen MR) is 82.3 cm³/mol. The molecule has 1 aliphatic rings. The monoisotopic (exact) mass is 288 g/mol. The molecule has 0 aromatic carbocycles. The maximum Gasteiger partial charge on any atom is 0.169 e. The van der Waals surface area contributed by atoms with E-state index in [2.05, 4.69) is 41.9 Å². The van der Waals surface area contributed by atoms with Crippen molar-refractivity contribution in [3.05, 3.63) is 16.8 Å². The summed E-state index contributed by atoms with van der Waals surface area (Å²) in [5.74, 6) is 0.751. The van der Waals surface area contributed by atoms with E-state index in [0.717, 1.165) is 56.0 Å². The zero-order valence-electron chi connectivity index (χ0n) is 13.4. The summed E-state index contributed by atoms with van der Waals surface area (Å²) in [6.45, 7) is 8.97. The van der Waals surface area contributed by atoms with Crippen molar-refractivity contribution in [3.8, 4) is 6.07 Å². The topological polar surface area (TPSA) is 62.0 Å². The van der Waals surface area contributed by atoms with Gasteiger partial charge in [0.1, 0.15) is 11.6 Å². The van der Waals surface area contributed by atoms with Gasteiger partial charge in [0.2, 0.25) is 0 Å². The third kappa shape index (κ3) is 3.01. The summed E-state index contributed by atoms with van der Waals surface area (Å²) in [7, 11) is 1.73. The highest BCUT2D eigenvalue weighted by molar-refractivity contribution is 5.59. The van der Waals surface area contributed by atoms with Crippen LogP contribution in [0.4, 0.5) is 5.82 Å². The van der Waals surface area contributed by atoms with E-state index in [0.29, 0.717) is 5.56 Å². The molecule has 0 unspecified atom stereocenters. The minimum Gasteiger partial charge on any atom is -0.385 e. The molecule has 5 nitrogen and oxygen atoms in total. The summed E-state index contributed by atoms with van der Waals surface area (Å²) < 4.78 is 5.17. The Morgan fingerprint density at radius 2 is 2.00 bits per heavy atom. The molecule has 1 saturated heterocycles. The minimum absolute atomic E-state index is 0.250. The summed E-state index contributed by atoms with van der Waals surface area (Å²) in [6, 6.07) is 2.34. The van der Waals surface area contributed by atoms with Crippen LogP contribution in [0.25, 0.3) is 0 Å². The normalized spacial score (nSPS) is 16.4. The molecule has 0 atom stereocenters. The van der Waals surface area contributed by atoms with Crippen LogP contribution in [0.15, 0.2) is 0 Å². The highest BCUT2D eigenvalue weighted by Gasteiger charge is 2.40. The number of methoxy groups -OCH3 is 1. The van der Waals surface area contributed by atoms with Gasteiger partial charge in [-0.15, -0.1) is 5.10 Å². The van der Waals surface area contributed by atoms with Gasteiger partial charge >= 0.3 is 0 Å². The van der Waals surface area contributed by atoms with Gasteiger partial charge in [0.15, 0.2) is 5.82 Å². The Balaban J connectivity index is 2.21. The lowest BCUT2D eigenvalue weighted by molar-refractivity contribution is 0.123. The molecule has 0 aliphatic carbocycles. The van der Waals surface area contributed by atoms with Gasteiger partial charge in [0.25, 0.3) is 0 Å². The van der Waals surface area contributed by atoms with E-state index in [1.807, 2.05) is 0 Å². The number of hydrogen-bond donors (Lipinski definition) is 0. The molecule has 1 aromatic rings.